The van der Waals surface area contributed by atoms with E-state index < -0.39 is 6.10 Å². The van der Waals surface area contributed by atoms with Crippen LogP contribution < -0.4 is 4.74 Å². The first-order valence-corrected chi connectivity index (χ1v) is 6.35. The predicted molar refractivity (Wildman–Crippen MR) is 68.4 cm³/mol. The van der Waals surface area contributed by atoms with Crippen molar-refractivity contribution < 1.29 is 14.6 Å². The zero-order valence-corrected chi connectivity index (χ0v) is 10.6. The van der Waals surface area contributed by atoms with E-state index in [0.717, 1.165) is 31.5 Å². The molecular formula is C14H19NO3. The molecule has 1 amide bonds. The molecule has 1 fully saturated rings. The molecule has 1 aromatic carbocycles. The maximum Gasteiger partial charge on any atom is 0.260 e. The monoisotopic (exact) mass is 249 g/mol. The molecule has 1 N–H and O–H groups in total. The van der Waals surface area contributed by atoms with Crippen molar-refractivity contribution in [2.75, 3.05) is 19.7 Å². The normalized spacial score (nSPS) is 16.7. The van der Waals surface area contributed by atoms with Gasteiger partial charge in [-0.3, -0.25) is 4.79 Å². The van der Waals surface area contributed by atoms with Gasteiger partial charge in [-0.2, -0.15) is 0 Å². The van der Waals surface area contributed by atoms with E-state index in [9.17, 15) is 9.90 Å². The molecule has 0 aliphatic carbocycles. The Kier molecular flexibility index (Phi) is 4.20. The quantitative estimate of drug-likeness (QED) is 0.884. The number of carbonyl (C=O) groups is 1. The van der Waals surface area contributed by atoms with Crippen molar-refractivity contribution >= 4 is 5.91 Å². The minimum atomic E-state index is -0.481. The molecule has 0 unspecified atom stereocenters. The lowest BCUT2D eigenvalue weighted by Gasteiger charge is -2.15. The lowest BCUT2D eigenvalue weighted by atomic mass is 10.1. The second-order valence-corrected chi connectivity index (χ2v) is 4.62. The van der Waals surface area contributed by atoms with Gasteiger partial charge in [-0.15, -0.1) is 0 Å². The van der Waals surface area contributed by atoms with Crippen LogP contribution in [-0.2, 0) is 4.79 Å². The summed E-state index contributed by atoms with van der Waals surface area (Å²) in [6.07, 6.45) is 1.70. The standard InChI is InChI=1S/C14H19NO3/c1-11(16)12-4-6-13(7-5-12)18-10-14(17)15-8-2-3-9-15/h4-7,11,16H,2-3,8-10H2,1H3/t11-/m0/s1. The molecule has 1 saturated heterocycles. The Bertz CT molecular complexity index is 394. The average Bonchev–Trinajstić information content (AvgIpc) is 2.90. The topological polar surface area (TPSA) is 49.8 Å². The van der Waals surface area contributed by atoms with Gasteiger partial charge in [0, 0.05) is 13.1 Å². The van der Waals surface area contributed by atoms with Crippen molar-refractivity contribution in [3.63, 3.8) is 0 Å². The van der Waals surface area contributed by atoms with Gasteiger partial charge in [0.1, 0.15) is 5.75 Å². The Morgan fingerprint density at radius 2 is 1.94 bits per heavy atom. The van der Waals surface area contributed by atoms with E-state index in [1.54, 1.807) is 31.2 Å². The van der Waals surface area contributed by atoms with Gasteiger partial charge < -0.3 is 14.7 Å². The molecule has 1 aliphatic rings. The molecule has 0 aromatic heterocycles. The van der Waals surface area contributed by atoms with Crippen molar-refractivity contribution in [2.45, 2.75) is 25.9 Å². The number of aliphatic hydroxyl groups is 1. The van der Waals surface area contributed by atoms with Gasteiger partial charge in [0.2, 0.25) is 0 Å². The van der Waals surface area contributed by atoms with Crippen LogP contribution in [-0.4, -0.2) is 35.6 Å². The third-order valence-electron chi connectivity index (χ3n) is 3.18. The van der Waals surface area contributed by atoms with Crippen molar-refractivity contribution in [3.8, 4) is 5.75 Å². The fourth-order valence-corrected chi connectivity index (χ4v) is 2.05. The Hall–Kier alpha value is -1.55. The van der Waals surface area contributed by atoms with E-state index in [1.807, 2.05) is 4.90 Å². The second kappa shape index (κ2) is 5.87. The van der Waals surface area contributed by atoms with E-state index >= 15 is 0 Å². The molecule has 98 valence electrons. The molecule has 0 saturated carbocycles. The molecule has 4 nitrogen and oxygen atoms in total. The lowest BCUT2D eigenvalue weighted by Crippen LogP contribution is -2.32. The Balaban J connectivity index is 1.84. The van der Waals surface area contributed by atoms with Gasteiger partial charge in [0.25, 0.3) is 5.91 Å². The third-order valence-corrected chi connectivity index (χ3v) is 3.18. The lowest BCUT2D eigenvalue weighted by molar-refractivity contribution is -0.132. The molecular weight excluding hydrogens is 230 g/mol. The van der Waals surface area contributed by atoms with Crippen LogP contribution in [0, 0.1) is 0 Å². The highest BCUT2D eigenvalue weighted by atomic mass is 16.5. The molecule has 18 heavy (non-hydrogen) atoms. The van der Waals surface area contributed by atoms with Crippen molar-refractivity contribution in [2.24, 2.45) is 0 Å². The highest BCUT2D eigenvalue weighted by Gasteiger charge is 2.17. The first-order chi connectivity index (χ1) is 8.66. The van der Waals surface area contributed by atoms with Gasteiger partial charge in [-0.25, -0.2) is 0 Å². The summed E-state index contributed by atoms with van der Waals surface area (Å²) in [5, 5.41) is 9.37. The number of hydrogen-bond acceptors (Lipinski definition) is 3. The highest BCUT2D eigenvalue weighted by molar-refractivity contribution is 5.78. The fourth-order valence-electron chi connectivity index (χ4n) is 2.05. The maximum atomic E-state index is 11.8. The molecule has 0 radical (unpaired) electrons. The number of benzene rings is 1. The number of hydrogen-bond donors (Lipinski definition) is 1. The summed E-state index contributed by atoms with van der Waals surface area (Å²) in [5.74, 6) is 0.707. The van der Waals surface area contributed by atoms with E-state index in [-0.39, 0.29) is 12.5 Å². The zero-order valence-electron chi connectivity index (χ0n) is 10.6. The molecule has 2 rings (SSSR count). The van der Waals surface area contributed by atoms with Gasteiger partial charge in [-0.05, 0) is 37.5 Å². The first kappa shape index (κ1) is 12.9. The number of likely N-dealkylation sites (tertiary alicyclic amines) is 1. The van der Waals surface area contributed by atoms with Crippen LogP contribution in [0.1, 0.15) is 31.4 Å². The Morgan fingerprint density at radius 3 is 2.50 bits per heavy atom. The van der Waals surface area contributed by atoms with Crippen molar-refractivity contribution in [1.82, 2.24) is 4.90 Å². The van der Waals surface area contributed by atoms with Gasteiger partial charge in [0.15, 0.2) is 6.61 Å². The van der Waals surface area contributed by atoms with E-state index in [4.69, 9.17) is 4.74 Å². The van der Waals surface area contributed by atoms with E-state index in [0.29, 0.717) is 5.75 Å². The summed E-state index contributed by atoms with van der Waals surface area (Å²) in [6, 6.07) is 7.17. The summed E-state index contributed by atoms with van der Waals surface area (Å²) < 4.78 is 5.44. The maximum absolute atomic E-state index is 11.8. The fraction of sp³-hybridized carbons (Fsp3) is 0.500. The summed E-state index contributed by atoms with van der Waals surface area (Å²) in [7, 11) is 0. The molecule has 4 heteroatoms. The van der Waals surface area contributed by atoms with Crippen LogP contribution >= 0.6 is 0 Å². The Labute approximate surface area is 107 Å². The molecule has 1 heterocycles. The molecule has 0 spiro atoms. The van der Waals surface area contributed by atoms with Crippen LogP contribution in [0.25, 0.3) is 0 Å². The van der Waals surface area contributed by atoms with Gasteiger partial charge in [-0.1, -0.05) is 12.1 Å². The van der Waals surface area contributed by atoms with Crippen LogP contribution in [0.3, 0.4) is 0 Å². The van der Waals surface area contributed by atoms with Crippen LogP contribution in [0.2, 0.25) is 0 Å². The second-order valence-electron chi connectivity index (χ2n) is 4.62. The van der Waals surface area contributed by atoms with E-state index in [1.165, 1.54) is 0 Å². The molecule has 1 atom stereocenters. The van der Waals surface area contributed by atoms with Crippen molar-refractivity contribution in [3.05, 3.63) is 29.8 Å². The molecule has 0 bridgehead atoms. The van der Waals surface area contributed by atoms with Crippen LogP contribution in [0.15, 0.2) is 24.3 Å². The first-order valence-electron chi connectivity index (χ1n) is 6.35. The average molecular weight is 249 g/mol. The minimum absolute atomic E-state index is 0.0482. The van der Waals surface area contributed by atoms with Crippen molar-refractivity contribution in [1.29, 1.82) is 0 Å². The largest absolute Gasteiger partial charge is 0.484 e. The number of aliphatic hydroxyl groups excluding tert-OH is 1. The van der Waals surface area contributed by atoms with Gasteiger partial charge in [0.05, 0.1) is 6.10 Å². The number of amides is 1. The summed E-state index contributed by atoms with van der Waals surface area (Å²) in [5.41, 5.74) is 0.841. The SMILES string of the molecule is C[C@H](O)c1ccc(OCC(=O)N2CCCC2)cc1. The summed E-state index contributed by atoms with van der Waals surface area (Å²) >= 11 is 0. The number of ether oxygens (including phenoxy) is 1. The third kappa shape index (κ3) is 3.23. The number of rotatable bonds is 4. The van der Waals surface area contributed by atoms with E-state index in [2.05, 4.69) is 0 Å². The summed E-state index contributed by atoms with van der Waals surface area (Å²) in [6.45, 7) is 3.51. The van der Waals surface area contributed by atoms with Crippen LogP contribution in [0.5, 0.6) is 5.75 Å². The number of carbonyl (C=O) groups excluding carboxylic acids is 1. The van der Waals surface area contributed by atoms with Crippen LogP contribution in [0.4, 0.5) is 0 Å². The number of nitrogens with zero attached hydrogens (tertiary/aromatic N) is 1. The zero-order chi connectivity index (χ0) is 13.0. The molecule has 1 aliphatic heterocycles. The molecule has 1 aromatic rings. The smallest absolute Gasteiger partial charge is 0.260 e. The minimum Gasteiger partial charge on any atom is -0.484 e. The highest BCUT2D eigenvalue weighted by Crippen LogP contribution is 2.17. The predicted octanol–water partition coefficient (Wildman–Crippen LogP) is 1.74. The Morgan fingerprint density at radius 1 is 1.33 bits per heavy atom. The van der Waals surface area contributed by atoms with Gasteiger partial charge >= 0.3 is 0 Å². The summed E-state index contributed by atoms with van der Waals surface area (Å²) in [4.78, 5) is 13.6.